The molecule has 2 aliphatic rings. The van der Waals surface area contributed by atoms with Gasteiger partial charge in [0.2, 0.25) is 0 Å². The number of alkyl halides is 3. The number of halogens is 5. The fraction of sp³-hybridized carbons (Fsp3) is 0.481. The fourth-order valence-electron chi connectivity index (χ4n) is 5.14. The van der Waals surface area contributed by atoms with Crippen molar-refractivity contribution in [1.82, 2.24) is 15.6 Å². The third kappa shape index (κ3) is 7.68. The highest BCUT2D eigenvalue weighted by Crippen LogP contribution is 2.40. The number of pyridine rings is 1. The zero-order chi connectivity index (χ0) is 30.8. The molecule has 4 rings (SSSR count). The summed E-state index contributed by atoms with van der Waals surface area (Å²) in [5.74, 6) is -1.68. The zero-order valence-corrected chi connectivity index (χ0v) is 24.1. The predicted octanol–water partition coefficient (Wildman–Crippen LogP) is 4.62. The van der Waals surface area contributed by atoms with Gasteiger partial charge in [-0.15, -0.1) is 0 Å². The van der Waals surface area contributed by atoms with Crippen LogP contribution < -0.4 is 25.0 Å². The van der Waals surface area contributed by atoms with Crippen LogP contribution in [0.25, 0.3) is 0 Å². The molecule has 0 radical (unpaired) electrons. The summed E-state index contributed by atoms with van der Waals surface area (Å²) in [5.41, 5.74) is -1.33. The molecule has 0 saturated carbocycles. The summed E-state index contributed by atoms with van der Waals surface area (Å²) < 4.78 is 48.3. The molecule has 0 spiro atoms. The Labute approximate surface area is 249 Å². The van der Waals surface area contributed by atoms with Gasteiger partial charge >= 0.3 is 12.1 Å². The van der Waals surface area contributed by atoms with Gasteiger partial charge in [-0.3, -0.25) is 9.59 Å². The van der Waals surface area contributed by atoms with Crippen molar-refractivity contribution in [1.29, 1.82) is 0 Å². The molecule has 2 atom stereocenters. The number of carbonyl (C=O) groups is 3. The Morgan fingerprint density at radius 1 is 1.07 bits per heavy atom. The Hall–Kier alpha value is -3.45. The van der Waals surface area contributed by atoms with E-state index in [9.17, 15) is 27.6 Å². The number of rotatable bonds is 10. The van der Waals surface area contributed by atoms with Crippen molar-refractivity contribution >= 4 is 46.8 Å². The first kappa shape index (κ1) is 31.5. The van der Waals surface area contributed by atoms with E-state index in [4.69, 9.17) is 37.8 Å². The van der Waals surface area contributed by atoms with Gasteiger partial charge in [-0.25, -0.2) is 9.78 Å². The Morgan fingerprint density at radius 3 is 2.29 bits per heavy atom. The minimum Gasteiger partial charge on any atom is -0.480 e. The van der Waals surface area contributed by atoms with Crippen LogP contribution in [0.3, 0.4) is 0 Å². The Bertz CT molecular complexity index is 1330. The lowest BCUT2D eigenvalue weighted by atomic mass is 9.96. The Morgan fingerprint density at radius 2 is 1.71 bits per heavy atom. The number of aliphatic carboxylic acids is 1. The fourth-order valence-corrected chi connectivity index (χ4v) is 5.62. The van der Waals surface area contributed by atoms with Crippen molar-refractivity contribution in [2.75, 3.05) is 18.1 Å². The first-order valence-corrected chi connectivity index (χ1v) is 13.8. The highest BCUT2D eigenvalue weighted by Gasteiger charge is 2.43. The van der Waals surface area contributed by atoms with Gasteiger partial charge in [-0.2, -0.15) is 13.2 Å². The lowest BCUT2D eigenvalue weighted by molar-refractivity contribution is -0.139. The largest absolute Gasteiger partial charge is 0.480 e. The molecule has 3 N–H and O–H groups in total. The first-order valence-electron chi connectivity index (χ1n) is 13.1. The maximum Gasteiger partial charge on any atom is 0.405 e. The molecule has 10 nitrogen and oxygen atoms in total. The Kier molecular flexibility index (Phi) is 9.31. The molecule has 2 fully saturated rings. The number of carbonyl (C=O) groups excluding carboxylic acids is 2. The van der Waals surface area contributed by atoms with Gasteiger partial charge in [0.25, 0.3) is 11.8 Å². The molecule has 2 amide bonds. The maximum absolute atomic E-state index is 13.3. The minimum atomic E-state index is -4.51. The highest BCUT2D eigenvalue weighted by molar-refractivity contribution is 6.36. The number of aromatic nitrogens is 1. The number of carboxylic acids is 1. The van der Waals surface area contributed by atoms with E-state index in [2.05, 4.69) is 15.2 Å². The molecule has 228 valence electrons. The maximum atomic E-state index is 13.3. The normalized spacial score (nSPS) is 20.2. The van der Waals surface area contributed by atoms with Crippen LogP contribution in [0.4, 0.5) is 19.0 Å². The second-order valence-corrected chi connectivity index (χ2v) is 11.5. The van der Waals surface area contributed by atoms with Gasteiger partial charge in [0.1, 0.15) is 23.9 Å². The standard InChI is InChI=1S/C27H29Cl2F3N4O6/c1-26(2,42-21-10-20(41-12-23(37)38)18(28)9-19(21)29)25(40)35-15-7-16-4-5-17(8-15)36(16)22-6-3-14(11-33-22)24(39)34-13-27(30,31)32/h3,6,9-11,15-17H,4-5,7-8,12-13H2,1-2H3,(H,34,39)(H,35,40)(H,37,38). The third-order valence-corrected chi connectivity index (χ3v) is 7.63. The van der Waals surface area contributed by atoms with Crippen molar-refractivity contribution in [3.05, 3.63) is 46.1 Å². The number of nitrogens with zero attached hydrogens (tertiary/aromatic N) is 2. The molecule has 15 heteroatoms. The summed E-state index contributed by atoms with van der Waals surface area (Å²) in [6.45, 7) is 1.10. The summed E-state index contributed by atoms with van der Waals surface area (Å²) >= 11 is 12.3. The van der Waals surface area contributed by atoms with Gasteiger partial charge in [-0.1, -0.05) is 23.2 Å². The number of piperidine rings is 1. The number of benzene rings is 1. The summed E-state index contributed by atoms with van der Waals surface area (Å²) in [5, 5.41) is 14.0. The van der Waals surface area contributed by atoms with Crippen LogP contribution in [0.2, 0.25) is 10.0 Å². The predicted molar refractivity (Wildman–Crippen MR) is 147 cm³/mol. The van der Waals surface area contributed by atoms with E-state index in [1.165, 1.54) is 24.4 Å². The lowest BCUT2D eigenvalue weighted by Crippen LogP contribution is -2.55. The number of anilines is 1. The Balaban J connectivity index is 1.36. The van der Waals surface area contributed by atoms with Gasteiger partial charge < -0.3 is 30.1 Å². The quantitative estimate of drug-likeness (QED) is 0.346. The van der Waals surface area contributed by atoms with Crippen LogP contribution in [-0.2, 0) is 9.59 Å². The number of carboxylic acid groups (broad SMARTS) is 1. The number of hydrogen-bond donors (Lipinski definition) is 3. The molecule has 2 bridgehead atoms. The molecule has 1 aromatic carbocycles. The van der Waals surface area contributed by atoms with Crippen LogP contribution in [0.15, 0.2) is 30.5 Å². The monoisotopic (exact) mass is 632 g/mol. The summed E-state index contributed by atoms with van der Waals surface area (Å²) in [6.07, 6.45) is -0.258. The first-order chi connectivity index (χ1) is 19.6. The van der Waals surface area contributed by atoms with Crippen LogP contribution in [0.5, 0.6) is 11.5 Å². The van der Waals surface area contributed by atoms with Gasteiger partial charge in [0, 0.05) is 30.4 Å². The number of fused-ring (bicyclic) bond motifs is 2. The van der Waals surface area contributed by atoms with E-state index in [-0.39, 0.29) is 51.1 Å². The molecule has 2 aliphatic heterocycles. The molecule has 42 heavy (non-hydrogen) atoms. The van der Waals surface area contributed by atoms with Gasteiger partial charge in [-0.05, 0) is 57.7 Å². The van der Waals surface area contributed by atoms with E-state index < -0.39 is 36.8 Å². The average Bonchev–Trinajstić information content (AvgIpc) is 3.17. The smallest absolute Gasteiger partial charge is 0.405 e. The van der Waals surface area contributed by atoms with Gasteiger partial charge in [0.15, 0.2) is 12.2 Å². The number of ether oxygens (including phenoxy) is 2. The van der Waals surface area contributed by atoms with Crippen molar-refractivity contribution in [2.45, 2.75) is 69.4 Å². The number of nitrogens with one attached hydrogen (secondary N) is 2. The molecule has 2 aromatic rings. The van der Waals surface area contributed by atoms with Crippen LogP contribution in [0.1, 0.15) is 49.9 Å². The number of hydrogen-bond acceptors (Lipinski definition) is 7. The van der Waals surface area contributed by atoms with Crippen molar-refractivity contribution in [3.8, 4) is 11.5 Å². The van der Waals surface area contributed by atoms with E-state index in [1.54, 1.807) is 19.9 Å². The molecule has 0 aliphatic carbocycles. The molecular formula is C27H29Cl2F3N4O6. The number of amides is 2. The van der Waals surface area contributed by atoms with Crippen LogP contribution in [-0.4, -0.2) is 70.9 Å². The van der Waals surface area contributed by atoms with Gasteiger partial charge in [0.05, 0.1) is 15.6 Å². The summed E-state index contributed by atoms with van der Waals surface area (Å²) in [6, 6.07) is 5.71. The van der Waals surface area contributed by atoms with Crippen molar-refractivity contribution in [3.63, 3.8) is 0 Å². The van der Waals surface area contributed by atoms with E-state index >= 15 is 0 Å². The SMILES string of the molecule is CC(C)(Oc1cc(OCC(=O)O)c(Cl)cc1Cl)C(=O)NC1CC2CCC(C1)N2c1ccc(C(=O)NCC(F)(F)F)cn1. The average molecular weight is 633 g/mol. The van der Waals surface area contributed by atoms with Crippen LogP contribution in [0, 0.1) is 0 Å². The molecule has 2 saturated heterocycles. The molecule has 2 unspecified atom stereocenters. The molecule has 3 heterocycles. The van der Waals surface area contributed by atoms with E-state index in [1.807, 2.05) is 5.32 Å². The molecule has 1 aromatic heterocycles. The highest BCUT2D eigenvalue weighted by atomic mass is 35.5. The third-order valence-electron chi connectivity index (χ3n) is 7.04. The summed E-state index contributed by atoms with van der Waals surface area (Å²) in [4.78, 5) is 42.6. The van der Waals surface area contributed by atoms with Crippen molar-refractivity contribution < 1.29 is 42.1 Å². The minimum absolute atomic E-state index is 0.0288. The molecular weight excluding hydrogens is 604 g/mol. The summed E-state index contributed by atoms with van der Waals surface area (Å²) in [7, 11) is 0. The zero-order valence-electron chi connectivity index (χ0n) is 22.6. The topological polar surface area (TPSA) is 130 Å². The van der Waals surface area contributed by atoms with Crippen LogP contribution >= 0.6 is 23.2 Å². The van der Waals surface area contributed by atoms with Crippen molar-refractivity contribution in [2.24, 2.45) is 0 Å². The second kappa shape index (κ2) is 12.4. The second-order valence-electron chi connectivity index (χ2n) is 10.6. The lowest BCUT2D eigenvalue weighted by Gasteiger charge is -2.40. The van der Waals surface area contributed by atoms with E-state index in [0.717, 1.165) is 12.8 Å². The van der Waals surface area contributed by atoms with E-state index in [0.29, 0.717) is 18.7 Å².